The predicted octanol–water partition coefficient (Wildman–Crippen LogP) is 5.18. The molecule has 0 amide bonds. The summed E-state index contributed by atoms with van der Waals surface area (Å²) in [6, 6.07) is 2.12. The number of nitrogens with zero attached hydrogens (tertiary/aromatic N) is 2. The van der Waals surface area contributed by atoms with E-state index in [-0.39, 0.29) is 5.54 Å². The molecule has 19 heavy (non-hydrogen) atoms. The molecular formula is C17H24N2. The normalized spacial score (nSPS) is 17.9. The first kappa shape index (κ1) is 13.9. The van der Waals surface area contributed by atoms with Crippen molar-refractivity contribution in [1.82, 2.24) is 4.57 Å². The molecule has 1 aromatic rings. The minimum Gasteiger partial charge on any atom is -0.320 e. The highest BCUT2D eigenvalue weighted by Crippen LogP contribution is 2.43. The molecule has 0 bridgehead atoms. The van der Waals surface area contributed by atoms with Crippen molar-refractivity contribution in [3.8, 4) is 0 Å². The molecule has 2 rings (SSSR count). The Kier molecular flexibility index (Phi) is 4.08. The van der Waals surface area contributed by atoms with Crippen LogP contribution in [-0.4, -0.2) is 11.3 Å². The van der Waals surface area contributed by atoms with E-state index in [4.69, 9.17) is 0 Å². The smallest absolute Gasteiger partial charge is 0.140 e. The van der Waals surface area contributed by atoms with Crippen LogP contribution in [0.1, 0.15) is 56.7 Å². The van der Waals surface area contributed by atoms with Crippen molar-refractivity contribution in [1.29, 1.82) is 0 Å². The third-order valence-electron chi connectivity index (χ3n) is 4.53. The van der Waals surface area contributed by atoms with Crippen molar-refractivity contribution >= 4 is 24.7 Å². The third kappa shape index (κ3) is 2.20. The van der Waals surface area contributed by atoms with Gasteiger partial charge in [0.05, 0.1) is 0 Å². The Bertz CT molecular complexity index is 488. The zero-order valence-electron chi connectivity index (χ0n) is 12.0. The summed E-state index contributed by atoms with van der Waals surface area (Å²) in [5.74, 6) is 0.952. The van der Waals surface area contributed by atoms with Gasteiger partial charge in [-0.05, 0) is 38.1 Å². The van der Waals surface area contributed by atoms with Crippen LogP contribution in [0.4, 0.5) is 5.82 Å². The Hall–Kier alpha value is -1.57. The Morgan fingerprint density at radius 3 is 2.42 bits per heavy atom. The van der Waals surface area contributed by atoms with Crippen molar-refractivity contribution < 1.29 is 0 Å². The van der Waals surface area contributed by atoms with Crippen molar-refractivity contribution in [2.45, 2.75) is 51.0 Å². The van der Waals surface area contributed by atoms with Crippen LogP contribution in [0.25, 0.3) is 12.2 Å². The fourth-order valence-electron chi connectivity index (χ4n) is 3.45. The number of aromatic nitrogens is 1. The minimum atomic E-state index is 0.180. The van der Waals surface area contributed by atoms with Crippen LogP contribution in [-0.2, 0) is 5.54 Å². The molecule has 0 N–H and O–H groups in total. The summed E-state index contributed by atoms with van der Waals surface area (Å²) in [5, 5.41) is 0. The highest BCUT2D eigenvalue weighted by Gasteiger charge is 2.35. The molecule has 0 atom stereocenters. The largest absolute Gasteiger partial charge is 0.320 e. The highest BCUT2D eigenvalue weighted by molar-refractivity contribution is 5.68. The van der Waals surface area contributed by atoms with Gasteiger partial charge in [0.2, 0.25) is 0 Å². The van der Waals surface area contributed by atoms with Gasteiger partial charge >= 0.3 is 0 Å². The second-order valence-electron chi connectivity index (χ2n) is 5.39. The van der Waals surface area contributed by atoms with Gasteiger partial charge in [-0.15, -0.1) is 0 Å². The van der Waals surface area contributed by atoms with Gasteiger partial charge < -0.3 is 4.57 Å². The molecular weight excluding hydrogens is 232 g/mol. The number of aliphatic imine (C=N–C) groups is 1. The van der Waals surface area contributed by atoms with E-state index < -0.39 is 0 Å². The Balaban J connectivity index is 2.63. The van der Waals surface area contributed by atoms with Crippen LogP contribution in [0, 0.1) is 0 Å². The van der Waals surface area contributed by atoms with E-state index in [9.17, 15) is 0 Å². The molecule has 1 saturated carbocycles. The van der Waals surface area contributed by atoms with Crippen LogP contribution < -0.4 is 0 Å². The maximum atomic E-state index is 4.27. The van der Waals surface area contributed by atoms with E-state index in [2.05, 4.69) is 42.4 Å². The Labute approximate surface area is 116 Å². The van der Waals surface area contributed by atoms with Gasteiger partial charge in [-0.1, -0.05) is 45.4 Å². The molecule has 1 aliphatic carbocycles. The van der Waals surface area contributed by atoms with Gasteiger partial charge in [0.25, 0.3) is 0 Å². The Morgan fingerprint density at radius 1 is 1.26 bits per heavy atom. The monoisotopic (exact) mass is 256 g/mol. The molecule has 0 aliphatic heterocycles. The fourth-order valence-corrected chi connectivity index (χ4v) is 3.45. The van der Waals surface area contributed by atoms with Crippen LogP contribution in [0.15, 0.2) is 24.2 Å². The highest BCUT2D eigenvalue weighted by atomic mass is 15.1. The predicted molar refractivity (Wildman–Crippen MR) is 85.2 cm³/mol. The van der Waals surface area contributed by atoms with Crippen LogP contribution in [0.2, 0.25) is 0 Å². The minimum absolute atomic E-state index is 0.180. The molecule has 1 heterocycles. The quantitative estimate of drug-likeness (QED) is 0.646. The zero-order chi connectivity index (χ0) is 13.9. The molecule has 0 saturated heterocycles. The Morgan fingerprint density at radius 2 is 1.95 bits per heavy atom. The van der Waals surface area contributed by atoms with Crippen LogP contribution >= 0.6 is 0 Å². The van der Waals surface area contributed by atoms with Crippen LogP contribution in [0.3, 0.4) is 0 Å². The molecule has 1 aliphatic rings. The van der Waals surface area contributed by atoms with Crippen molar-refractivity contribution in [2.24, 2.45) is 4.99 Å². The lowest BCUT2D eigenvalue weighted by atomic mass is 9.79. The molecule has 1 aromatic heterocycles. The summed E-state index contributed by atoms with van der Waals surface area (Å²) in [7, 11) is 0. The first-order chi connectivity index (χ1) is 9.22. The zero-order valence-corrected chi connectivity index (χ0v) is 12.0. The van der Waals surface area contributed by atoms with Crippen molar-refractivity contribution in [3.63, 3.8) is 0 Å². The lowest BCUT2D eigenvalue weighted by Crippen LogP contribution is -2.35. The maximum Gasteiger partial charge on any atom is 0.140 e. The SMILES string of the molecule is C=Cc1cc(C=C)n(C2(CC)CCCCC2)c1N=C. The van der Waals surface area contributed by atoms with E-state index in [0.717, 1.165) is 23.5 Å². The summed E-state index contributed by atoms with van der Waals surface area (Å²) in [6.45, 7) is 13.9. The van der Waals surface area contributed by atoms with Crippen molar-refractivity contribution in [3.05, 3.63) is 30.5 Å². The average Bonchev–Trinajstić information content (AvgIpc) is 2.86. The van der Waals surface area contributed by atoms with E-state index in [0.29, 0.717) is 0 Å². The van der Waals surface area contributed by atoms with Crippen LogP contribution in [0.5, 0.6) is 0 Å². The lowest BCUT2D eigenvalue weighted by molar-refractivity contribution is 0.187. The third-order valence-corrected chi connectivity index (χ3v) is 4.53. The van der Waals surface area contributed by atoms with E-state index in [1.165, 1.54) is 32.1 Å². The second kappa shape index (κ2) is 5.60. The van der Waals surface area contributed by atoms with Gasteiger partial charge in [-0.25, -0.2) is 4.99 Å². The number of hydrogen-bond acceptors (Lipinski definition) is 1. The van der Waals surface area contributed by atoms with E-state index in [1.54, 1.807) is 0 Å². The molecule has 0 aromatic carbocycles. The lowest BCUT2D eigenvalue weighted by Gasteiger charge is -2.40. The molecule has 2 nitrogen and oxygen atoms in total. The summed E-state index contributed by atoms with van der Waals surface area (Å²) in [5.41, 5.74) is 2.38. The standard InChI is InChI=1S/C17H24N2/c1-5-14-13-15(6-2)19(16(14)18-4)17(7-3)11-9-8-10-12-17/h5-6,13H,1-2,4,7-12H2,3H3. The fraction of sp³-hybridized carbons (Fsp3) is 0.471. The molecule has 1 fully saturated rings. The summed E-state index contributed by atoms with van der Waals surface area (Å²) < 4.78 is 2.36. The molecule has 0 radical (unpaired) electrons. The van der Waals surface area contributed by atoms with Gasteiger partial charge in [0.15, 0.2) is 0 Å². The summed E-state index contributed by atoms with van der Waals surface area (Å²) >= 11 is 0. The van der Waals surface area contributed by atoms with Gasteiger partial charge in [-0.3, -0.25) is 0 Å². The first-order valence-corrected chi connectivity index (χ1v) is 7.20. The molecule has 2 heteroatoms. The summed E-state index contributed by atoms with van der Waals surface area (Å²) in [4.78, 5) is 4.27. The number of hydrogen-bond donors (Lipinski definition) is 0. The topological polar surface area (TPSA) is 17.3 Å². The average molecular weight is 256 g/mol. The van der Waals surface area contributed by atoms with Gasteiger partial charge in [0.1, 0.15) is 5.82 Å². The molecule has 0 spiro atoms. The molecule has 102 valence electrons. The maximum absolute atomic E-state index is 4.27. The van der Waals surface area contributed by atoms with E-state index >= 15 is 0 Å². The summed E-state index contributed by atoms with van der Waals surface area (Å²) in [6.07, 6.45) is 11.3. The van der Waals surface area contributed by atoms with Gasteiger partial charge in [-0.2, -0.15) is 0 Å². The first-order valence-electron chi connectivity index (χ1n) is 7.20. The number of rotatable bonds is 5. The molecule has 0 unspecified atom stereocenters. The van der Waals surface area contributed by atoms with E-state index in [1.807, 2.05) is 12.2 Å². The van der Waals surface area contributed by atoms with Crippen molar-refractivity contribution in [2.75, 3.05) is 0 Å². The van der Waals surface area contributed by atoms with Gasteiger partial charge in [0, 0.05) is 16.8 Å². The second-order valence-corrected chi connectivity index (χ2v) is 5.39.